The Morgan fingerprint density at radius 2 is 2.00 bits per heavy atom. The zero-order valence-electron chi connectivity index (χ0n) is 17.0. The first-order valence-electron chi connectivity index (χ1n) is 9.98. The molecule has 8 heteroatoms. The third kappa shape index (κ3) is 4.10. The van der Waals surface area contributed by atoms with Gasteiger partial charge in [-0.05, 0) is 24.1 Å². The molecule has 160 valence electrons. The van der Waals surface area contributed by atoms with Crippen LogP contribution >= 0.6 is 10.6 Å². The Kier molecular flexibility index (Phi) is 5.86. The fourth-order valence-corrected chi connectivity index (χ4v) is 5.32. The monoisotopic (exact) mass is 428 g/mol. The highest BCUT2D eigenvalue weighted by molar-refractivity contribution is 8.24. The van der Waals surface area contributed by atoms with Crippen molar-refractivity contribution in [2.24, 2.45) is 5.73 Å². The van der Waals surface area contributed by atoms with E-state index in [1.807, 2.05) is 49.4 Å². The molecule has 0 saturated heterocycles. The van der Waals surface area contributed by atoms with Gasteiger partial charge in [0.05, 0.1) is 22.8 Å². The van der Waals surface area contributed by atoms with Crippen molar-refractivity contribution >= 4 is 33.0 Å². The minimum atomic E-state index is -2.83. The second-order valence-electron chi connectivity index (χ2n) is 7.72. The van der Waals surface area contributed by atoms with Crippen molar-refractivity contribution in [2.45, 2.75) is 24.4 Å². The summed E-state index contributed by atoms with van der Waals surface area (Å²) in [7, 11) is -2.83. The van der Waals surface area contributed by atoms with E-state index in [9.17, 15) is 14.2 Å². The number of pyridine rings is 1. The molecule has 0 spiro atoms. The van der Waals surface area contributed by atoms with Crippen molar-refractivity contribution in [3.8, 4) is 0 Å². The Balaban J connectivity index is 1.76. The number of hydrogen-bond donors (Lipinski definition) is 5. The quantitative estimate of drug-likeness (QED) is 0.423. The second kappa shape index (κ2) is 8.41. The number of rotatable bonds is 5. The maximum Gasteiger partial charge on any atom is 0.131 e. The number of nitrogens with two attached hydrogens (primary N) is 1. The molecule has 0 saturated carbocycles. The lowest BCUT2D eigenvalue weighted by Crippen LogP contribution is -2.32. The molecule has 0 bridgehead atoms. The molecule has 7 nitrogen and oxygen atoms in total. The predicted molar refractivity (Wildman–Crippen MR) is 124 cm³/mol. The molecule has 0 fully saturated rings. The van der Waals surface area contributed by atoms with E-state index in [1.165, 1.54) is 0 Å². The number of nitrogens with zero attached hydrogens (tertiary/aromatic N) is 2. The smallest absolute Gasteiger partial charge is 0.131 e. The van der Waals surface area contributed by atoms with Crippen molar-refractivity contribution in [2.75, 3.05) is 35.7 Å². The molecule has 3 aromatic rings. The number of nitrogens with one attached hydrogen (secondary N) is 1. The third-order valence-electron chi connectivity index (χ3n) is 5.47. The molecule has 1 atom stereocenters. The summed E-state index contributed by atoms with van der Waals surface area (Å²) in [5.41, 5.74) is 9.63. The molecule has 1 aromatic heterocycles. The minimum Gasteiger partial charge on any atom is -0.395 e. The largest absolute Gasteiger partial charge is 0.395 e. The van der Waals surface area contributed by atoms with Gasteiger partial charge in [-0.25, -0.2) is 4.98 Å². The highest BCUT2D eigenvalue weighted by Gasteiger charge is 2.26. The van der Waals surface area contributed by atoms with E-state index in [2.05, 4.69) is 10.2 Å². The van der Waals surface area contributed by atoms with E-state index >= 15 is 0 Å². The van der Waals surface area contributed by atoms with Crippen LogP contribution in [0.1, 0.15) is 11.1 Å². The van der Waals surface area contributed by atoms with Gasteiger partial charge in [0.15, 0.2) is 0 Å². The van der Waals surface area contributed by atoms with Crippen LogP contribution in [0.25, 0.3) is 10.9 Å². The van der Waals surface area contributed by atoms with E-state index in [0.717, 1.165) is 33.5 Å². The van der Waals surface area contributed by atoms with Crippen molar-refractivity contribution in [1.82, 2.24) is 4.98 Å². The molecule has 2 heterocycles. The minimum absolute atomic E-state index is 0.0946. The number of benzene rings is 2. The van der Waals surface area contributed by atoms with Crippen LogP contribution in [0.5, 0.6) is 0 Å². The molecule has 0 amide bonds. The number of aryl methyl sites for hydroxylation is 1. The van der Waals surface area contributed by atoms with Crippen LogP contribution < -0.4 is 16.0 Å². The molecule has 0 radical (unpaired) electrons. The van der Waals surface area contributed by atoms with Gasteiger partial charge in [0.1, 0.15) is 5.82 Å². The van der Waals surface area contributed by atoms with Gasteiger partial charge in [0.2, 0.25) is 0 Å². The highest BCUT2D eigenvalue weighted by atomic mass is 32.3. The molecule has 2 aromatic carbocycles. The Hall–Kier alpha value is -2.36. The fourth-order valence-electron chi connectivity index (χ4n) is 3.77. The number of aliphatic hydroxyl groups is 1. The van der Waals surface area contributed by atoms with Gasteiger partial charge in [-0.2, -0.15) is 10.6 Å². The zero-order chi connectivity index (χ0) is 21.3. The Bertz CT molecular complexity index is 1060. The number of aliphatic hydroxyl groups excluding tert-OH is 1. The van der Waals surface area contributed by atoms with Gasteiger partial charge in [0.25, 0.3) is 0 Å². The average Bonchev–Trinajstić information content (AvgIpc) is 2.88. The van der Waals surface area contributed by atoms with Crippen molar-refractivity contribution in [3.05, 3.63) is 59.7 Å². The molecular weight excluding hydrogens is 400 g/mol. The van der Waals surface area contributed by atoms with Crippen LogP contribution in [0.3, 0.4) is 0 Å². The summed E-state index contributed by atoms with van der Waals surface area (Å²) in [5, 5.41) is 13.6. The lowest BCUT2D eigenvalue weighted by molar-refractivity contribution is 0.270. The van der Waals surface area contributed by atoms with Gasteiger partial charge in [-0.3, -0.25) is 9.11 Å². The Morgan fingerprint density at radius 1 is 1.20 bits per heavy atom. The average molecular weight is 429 g/mol. The summed E-state index contributed by atoms with van der Waals surface area (Å²) in [6, 6.07) is 15.1. The molecule has 0 unspecified atom stereocenters. The summed E-state index contributed by atoms with van der Waals surface area (Å²) in [6.45, 7) is 3.40. The summed E-state index contributed by atoms with van der Waals surface area (Å²) in [6.07, 6.45) is 0. The lowest BCUT2D eigenvalue weighted by atomic mass is 10.1. The maximum absolute atomic E-state index is 10.7. The first kappa shape index (κ1) is 20.9. The number of anilines is 2. The Labute approximate surface area is 177 Å². The molecule has 30 heavy (non-hydrogen) atoms. The van der Waals surface area contributed by atoms with E-state index in [4.69, 9.17) is 10.7 Å². The summed E-state index contributed by atoms with van der Waals surface area (Å²) >= 11 is 0. The summed E-state index contributed by atoms with van der Waals surface area (Å²) < 4.78 is 21.3. The van der Waals surface area contributed by atoms with Crippen LogP contribution in [0.2, 0.25) is 0 Å². The van der Waals surface area contributed by atoms with Crippen LogP contribution in [-0.4, -0.2) is 50.7 Å². The standard InChI is InChI=1S/C22H28N4O3S/c1-15-5-4-7-18-19(24-12-17(23)14-27)11-21(25-22(15)18)26-9-10-30(28,29)20-8-3-2-6-16(20)13-26/h2-8,11,17,27-29H,9-10,12-14,23H2,1H3,(H,24,25)/t17-/m0/s1. The van der Waals surface area contributed by atoms with E-state index in [0.29, 0.717) is 24.5 Å². The van der Waals surface area contributed by atoms with E-state index in [1.54, 1.807) is 6.07 Å². The first-order chi connectivity index (χ1) is 14.4. The topological polar surface area (TPSA) is 115 Å². The van der Waals surface area contributed by atoms with Crippen LogP contribution in [-0.2, 0) is 6.54 Å². The lowest BCUT2D eigenvalue weighted by Gasteiger charge is -2.32. The molecular formula is C22H28N4O3S. The van der Waals surface area contributed by atoms with Gasteiger partial charge in [-0.1, -0.05) is 36.4 Å². The fraction of sp³-hybridized carbons (Fsp3) is 0.318. The predicted octanol–water partition coefficient (Wildman–Crippen LogP) is 3.40. The SMILES string of the molecule is Cc1cccc2c(NC[C@H](N)CO)cc(N3CCS(O)(O)c4ccccc4C3)nc12. The van der Waals surface area contributed by atoms with Crippen LogP contribution in [0.15, 0.2) is 53.4 Å². The van der Waals surface area contributed by atoms with E-state index < -0.39 is 10.6 Å². The van der Waals surface area contributed by atoms with Gasteiger partial charge in [-0.15, -0.1) is 0 Å². The van der Waals surface area contributed by atoms with Crippen LogP contribution in [0, 0.1) is 6.92 Å². The molecule has 1 aliphatic heterocycles. The van der Waals surface area contributed by atoms with Crippen molar-refractivity contribution in [3.63, 3.8) is 0 Å². The van der Waals surface area contributed by atoms with Crippen LogP contribution in [0.4, 0.5) is 11.5 Å². The maximum atomic E-state index is 10.7. The number of para-hydroxylation sites is 1. The molecule has 6 N–H and O–H groups in total. The summed E-state index contributed by atoms with van der Waals surface area (Å²) in [4.78, 5) is 7.63. The first-order valence-corrected chi connectivity index (χ1v) is 11.7. The molecule has 0 aliphatic carbocycles. The zero-order valence-corrected chi connectivity index (χ0v) is 17.8. The normalized spacial score (nSPS) is 17.8. The third-order valence-corrected chi connectivity index (χ3v) is 7.33. The van der Waals surface area contributed by atoms with Crippen molar-refractivity contribution < 1.29 is 14.2 Å². The van der Waals surface area contributed by atoms with E-state index in [-0.39, 0.29) is 18.4 Å². The highest BCUT2D eigenvalue weighted by Crippen LogP contribution is 2.51. The molecule has 4 rings (SSSR count). The number of aromatic nitrogens is 1. The Morgan fingerprint density at radius 3 is 2.80 bits per heavy atom. The molecule has 1 aliphatic rings. The van der Waals surface area contributed by atoms with Gasteiger partial charge < -0.3 is 21.1 Å². The van der Waals surface area contributed by atoms with Crippen molar-refractivity contribution in [1.29, 1.82) is 0 Å². The summed E-state index contributed by atoms with van der Waals surface area (Å²) in [5.74, 6) is 1.03. The second-order valence-corrected chi connectivity index (χ2v) is 9.90. The number of hydrogen-bond acceptors (Lipinski definition) is 7. The van der Waals surface area contributed by atoms with Gasteiger partial charge >= 0.3 is 0 Å². The number of fused-ring (bicyclic) bond motifs is 2. The van der Waals surface area contributed by atoms with Gasteiger partial charge in [0, 0.05) is 42.8 Å².